The van der Waals surface area contributed by atoms with E-state index in [1.807, 2.05) is 0 Å². The summed E-state index contributed by atoms with van der Waals surface area (Å²) in [5.41, 5.74) is 0. The van der Waals surface area contributed by atoms with Crippen molar-refractivity contribution in [3.05, 3.63) is 30.0 Å². The Balaban J connectivity index is 0. The summed E-state index contributed by atoms with van der Waals surface area (Å²) in [5, 5.41) is 10.2. The van der Waals surface area contributed by atoms with Crippen LogP contribution in [0.25, 0.3) is 0 Å². The number of amides is 1. The molecule has 1 rings (SSSR count). The summed E-state index contributed by atoms with van der Waals surface area (Å²) >= 11 is 11.6. The van der Waals surface area contributed by atoms with Crippen LogP contribution in [-0.2, 0) is 42.3 Å². The number of pyridine rings is 1. The Morgan fingerprint density at radius 2 is 1.90 bits per heavy atom. The molecule has 1 aromatic rings. The van der Waals surface area contributed by atoms with Crippen LogP contribution < -0.4 is 10.1 Å². The van der Waals surface area contributed by atoms with Gasteiger partial charge in [0, 0.05) is 32.7 Å². The Bertz CT molecular complexity index is 468. The van der Waals surface area contributed by atoms with Crippen molar-refractivity contribution >= 4 is 40.9 Å². The van der Waals surface area contributed by atoms with Crippen LogP contribution in [0.4, 0.5) is 5.82 Å². The standard InChI is InChI=1S/C9H9Cl2N2O2.C2H3O2.Y/c1-3-15-9-7(11)4-6(10)8(13-9)12-5(2)14;1-2(3)4;/h4H,2-3H2,1H3,(H,12,13,14);1H2,(H,3,4);/q2*-1;. The Morgan fingerprint density at radius 3 is 2.30 bits per heavy atom. The van der Waals surface area contributed by atoms with Gasteiger partial charge < -0.3 is 26.9 Å². The minimum atomic E-state index is -1.08. The third-order valence-electron chi connectivity index (χ3n) is 1.44. The Morgan fingerprint density at radius 1 is 1.40 bits per heavy atom. The van der Waals surface area contributed by atoms with Gasteiger partial charge in [-0.3, -0.25) is 11.7 Å². The van der Waals surface area contributed by atoms with Gasteiger partial charge in [0.15, 0.2) is 11.8 Å². The normalized spacial score (nSPS) is 8.55. The molecule has 2 N–H and O–H groups in total. The van der Waals surface area contributed by atoms with Crippen molar-refractivity contribution in [1.29, 1.82) is 0 Å². The maximum absolute atomic E-state index is 10.7. The van der Waals surface area contributed by atoms with E-state index in [1.165, 1.54) is 6.07 Å². The number of halogens is 2. The molecule has 0 saturated carbocycles. The summed E-state index contributed by atoms with van der Waals surface area (Å²) in [6, 6.07) is 1.45. The minimum Gasteiger partial charge on any atom is -0.503 e. The number of nitrogens with zero attached hydrogens (tertiary/aromatic N) is 1. The molecule has 0 spiro atoms. The molecule has 1 heterocycles. The van der Waals surface area contributed by atoms with Crippen molar-refractivity contribution < 1.29 is 52.1 Å². The Kier molecular flexibility index (Phi) is 11.9. The average molecular weight is 396 g/mol. The van der Waals surface area contributed by atoms with E-state index >= 15 is 0 Å². The van der Waals surface area contributed by atoms with Crippen LogP contribution >= 0.6 is 23.2 Å². The fourth-order valence-electron chi connectivity index (χ4n) is 0.907. The third-order valence-corrected chi connectivity index (χ3v) is 2.00. The van der Waals surface area contributed by atoms with Gasteiger partial charge in [0.05, 0.1) is 17.5 Å². The van der Waals surface area contributed by atoms with Gasteiger partial charge >= 0.3 is 0 Å². The van der Waals surface area contributed by atoms with Gasteiger partial charge in [0.2, 0.25) is 5.88 Å². The van der Waals surface area contributed by atoms with Gasteiger partial charge in [0.1, 0.15) is 5.02 Å². The average Bonchev–Trinajstić information content (AvgIpc) is 2.23. The van der Waals surface area contributed by atoms with Crippen molar-refractivity contribution in [3.8, 4) is 5.88 Å². The molecule has 0 saturated heterocycles. The summed E-state index contributed by atoms with van der Waals surface area (Å²) in [5.74, 6) is -1.17. The first-order valence-electron chi connectivity index (χ1n) is 4.94. The first-order valence-corrected chi connectivity index (χ1v) is 5.70. The first kappa shape index (κ1) is 21.6. The van der Waals surface area contributed by atoms with E-state index in [-0.39, 0.29) is 49.4 Å². The van der Waals surface area contributed by atoms with E-state index in [0.717, 1.165) is 0 Å². The molecule has 20 heavy (non-hydrogen) atoms. The molecule has 1 aromatic heterocycles. The van der Waals surface area contributed by atoms with Crippen LogP contribution in [0.3, 0.4) is 0 Å². The largest absolute Gasteiger partial charge is 0.503 e. The number of carbonyl (C=O) groups excluding carboxylic acids is 1. The van der Waals surface area contributed by atoms with Gasteiger partial charge in [-0.1, -0.05) is 23.2 Å². The summed E-state index contributed by atoms with van der Waals surface area (Å²) < 4.78 is 5.14. The summed E-state index contributed by atoms with van der Waals surface area (Å²) in [6.07, 6.45) is 0. The summed E-state index contributed by atoms with van der Waals surface area (Å²) in [4.78, 5) is 23.6. The SMILES string of the molecule is [CH2-]C(=O)Nc1nc(OCC)c(Cl)cc1Cl.[CH2-]C(=O)O.[Y]. The van der Waals surface area contributed by atoms with Crippen molar-refractivity contribution in [3.63, 3.8) is 0 Å². The smallest absolute Gasteiger partial charge is 0.234 e. The van der Waals surface area contributed by atoms with Gasteiger partial charge in [-0.05, 0) is 13.0 Å². The number of hydrogen-bond donors (Lipinski definition) is 2. The molecule has 0 atom stereocenters. The zero-order valence-electron chi connectivity index (χ0n) is 10.7. The summed E-state index contributed by atoms with van der Waals surface area (Å²) in [7, 11) is 0. The third kappa shape index (κ3) is 9.25. The number of carboxylic acid groups (broad SMARTS) is 1. The van der Waals surface area contributed by atoms with Crippen molar-refractivity contribution in [1.82, 2.24) is 4.98 Å². The monoisotopic (exact) mass is 395 g/mol. The topological polar surface area (TPSA) is 88.5 Å². The van der Waals surface area contributed by atoms with Gasteiger partial charge in [-0.2, -0.15) is 4.98 Å². The zero-order chi connectivity index (χ0) is 15.0. The number of nitrogens with one attached hydrogen (secondary N) is 1. The predicted octanol–water partition coefficient (Wildman–Crippen LogP) is 2.46. The first-order chi connectivity index (χ1) is 8.77. The minimum absolute atomic E-state index is 0. The number of rotatable bonds is 3. The van der Waals surface area contributed by atoms with E-state index in [2.05, 4.69) is 24.1 Å². The quantitative estimate of drug-likeness (QED) is 0.767. The van der Waals surface area contributed by atoms with Crippen LogP contribution in [0.2, 0.25) is 10.0 Å². The Labute approximate surface area is 152 Å². The molecule has 0 aliphatic rings. The molecule has 0 aromatic carbocycles. The number of aromatic nitrogens is 1. The zero-order valence-corrected chi connectivity index (χ0v) is 15.0. The van der Waals surface area contributed by atoms with Crippen molar-refractivity contribution in [2.45, 2.75) is 6.92 Å². The molecule has 0 bridgehead atoms. The molecule has 1 radical (unpaired) electrons. The number of hydrogen-bond acceptors (Lipinski definition) is 4. The molecule has 1 amide bonds. The second-order valence-electron chi connectivity index (χ2n) is 2.98. The van der Waals surface area contributed by atoms with Crippen LogP contribution in [-0.4, -0.2) is 28.6 Å². The fraction of sp³-hybridized carbons (Fsp3) is 0.182. The van der Waals surface area contributed by atoms with Gasteiger partial charge in [-0.25, -0.2) is 0 Å². The number of ether oxygens (including phenoxy) is 1. The molecule has 0 unspecified atom stereocenters. The number of aliphatic carboxylic acids is 1. The molecule has 6 nitrogen and oxygen atoms in total. The van der Waals surface area contributed by atoms with Crippen LogP contribution in [0, 0.1) is 13.8 Å². The number of carbonyl (C=O) groups is 2. The molecule has 0 aliphatic heterocycles. The summed E-state index contributed by atoms with van der Waals surface area (Å²) in [6.45, 7) is 7.93. The van der Waals surface area contributed by atoms with Gasteiger partial charge in [0.25, 0.3) is 0 Å². The van der Waals surface area contributed by atoms with Crippen LogP contribution in [0.5, 0.6) is 5.88 Å². The van der Waals surface area contributed by atoms with Crippen molar-refractivity contribution in [2.24, 2.45) is 0 Å². The van der Waals surface area contributed by atoms with E-state index in [0.29, 0.717) is 11.6 Å². The molecule has 109 valence electrons. The molecule has 0 aliphatic carbocycles. The molecular formula is C11H12Cl2N2O4Y-2. The van der Waals surface area contributed by atoms with Crippen LogP contribution in [0.15, 0.2) is 6.07 Å². The predicted molar refractivity (Wildman–Crippen MR) is 72.4 cm³/mol. The van der Waals surface area contributed by atoms with E-state index in [9.17, 15) is 4.79 Å². The maximum atomic E-state index is 10.7. The maximum Gasteiger partial charge on any atom is 0.234 e. The molecule has 9 heteroatoms. The van der Waals surface area contributed by atoms with Crippen molar-refractivity contribution in [2.75, 3.05) is 11.9 Å². The Hall–Kier alpha value is -0.686. The second-order valence-corrected chi connectivity index (χ2v) is 3.80. The van der Waals surface area contributed by atoms with E-state index < -0.39 is 11.9 Å². The van der Waals surface area contributed by atoms with Crippen LogP contribution in [0.1, 0.15) is 6.92 Å². The second kappa shape index (κ2) is 11.0. The molecule has 0 fully saturated rings. The van der Waals surface area contributed by atoms with E-state index in [1.54, 1.807) is 6.92 Å². The fourth-order valence-corrected chi connectivity index (χ4v) is 1.37. The molecular weight excluding hydrogens is 384 g/mol. The number of anilines is 1. The van der Waals surface area contributed by atoms with E-state index in [4.69, 9.17) is 37.8 Å². The van der Waals surface area contributed by atoms with Gasteiger partial charge in [-0.15, -0.1) is 0 Å². The number of carboxylic acids is 1.